The van der Waals surface area contributed by atoms with Crippen LogP contribution in [0.1, 0.15) is 10.4 Å². The van der Waals surface area contributed by atoms with E-state index in [4.69, 9.17) is 23.7 Å². The minimum atomic E-state index is -0.782. The van der Waals surface area contributed by atoms with Crippen molar-refractivity contribution < 1.29 is 38.1 Å². The Morgan fingerprint density at radius 2 is 1.40 bits per heavy atom. The Hall–Kier alpha value is -3.95. The Kier molecular flexibility index (Phi) is 5.55. The average molecular weight is 414 g/mol. The number of fused-ring (bicyclic) bond motifs is 2. The Labute approximate surface area is 171 Å². The lowest BCUT2D eigenvalue weighted by Gasteiger charge is -2.19. The fourth-order valence-corrected chi connectivity index (χ4v) is 2.83. The fraction of sp³-hybridized carbons (Fsp3) is 0.250. The van der Waals surface area contributed by atoms with Gasteiger partial charge in [-0.1, -0.05) is 0 Å². The highest BCUT2D eigenvalue weighted by molar-refractivity contribution is 6.02. The van der Waals surface area contributed by atoms with Crippen molar-refractivity contribution in [2.24, 2.45) is 0 Å². The third-order valence-corrected chi connectivity index (χ3v) is 4.17. The van der Waals surface area contributed by atoms with Crippen LogP contribution in [-0.4, -0.2) is 50.9 Å². The molecule has 2 aliphatic heterocycles. The lowest BCUT2D eigenvalue weighted by Crippen LogP contribution is -2.37. The van der Waals surface area contributed by atoms with Gasteiger partial charge in [-0.05, 0) is 30.3 Å². The lowest BCUT2D eigenvalue weighted by atomic mass is 10.2. The third kappa shape index (κ3) is 4.54. The van der Waals surface area contributed by atoms with E-state index in [0.29, 0.717) is 55.1 Å². The second kappa shape index (κ2) is 8.60. The predicted molar refractivity (Wildman–Crippen MR) is 102 cm³/mol. The van der Waals surface area contributed by atoms with Gasteiger partial charge in [0.1, 0.15) is 26.4 Å². The molecule has 30 heavy (non-hydrogen) atoms. The number of rotatable bonds is 4. The molecule has 0 saturated heterocycles. The van der Waals surface area contributed by atoms with Crippen LogP contribution < -0.4 is 29.6 Å². The zero-order valence-corrected chi connectivity index (χ0v) is 15.8. The first kappa shape index (κ1) is 19.4. The van der Waals surface area contributed by atoms with Crippen LogP contribution in [0.3, 0.4) is 0 Å². The van der Waals surface area contributed by atoms with Gasteiger partial charge in [0.05, 0.1) is 5.56 Å². The molecule has 10 heteroatoms. The van der Waals surface area contributed by atoms with E-state index in [1.54, 1.807) is 24.3 Å². The summed E-state index contributed by atoms with van der Waals surface area (Å²) in [5.41, 5.74) is 0.616. The number of imide groups is 1. The molecule has 156 valence electrons. The van der Waals surface area contributed by atoms with Gasteiger partial charge >= 0.3 is 12.0 Å². The number of hydrogen-bond donors (Lipinski definition) is 2. The van der Waals surface area contributed by atoms with Crippen molar-refractivity contribution in [3.05, 3.63) is 42.0 Å². The average Bonchev–Trinajstić information content (AvgIpc) is 2.77. The first-order valence-electron chi connectivity index (χ1n) is 9.16. The van der Waals surface area contributed by atoms with Crippen molar-refractivity contribution >= 4 is 23.6 Å². The maximum absolute atomic E-state index is 12.1. The molecule has 0 atom stereocenters. The summed E-state index contributed by atoms with van der Waals surface area (Å²) in [6.45, 7) is 1.06. The third-order valence-electron chi connectivity index (χ3n) is 4.17. The van der Waals surface area contributed by atoms with Gasteiger partial charge in [0, 0.05) is 11.8 Å². The molecular weight excluding hydrogens is 396 g/mol. The molecule has 2 aromatic carbocycles. The van der Waals surface area contributed by atoms with Crippen LogP contribution in [0, 0.1) is 0 Å². The van der Waals surface area contributed by atoms with Crippen LogP contribution in [0.5, 0.6) is 23.0 Å². The van der Waals surface area contributed by atoms with Gasteiger partial charge in [0.2, 0.25) is 0 Å². The van der Waals surface area contributed by atoms with Crippen LogP contribution in [0.2, 0.25) is 0 Å². The van der Waals surface area contributed by atoms with E-state index in [0.717, 1.165) is 0 Å². The molecule has 0 unspecified atom stereocenters. The normalized spacial score (nSPS) is 13.7. The first-order chi connectivity index (χ1) is 14.6. The Morgan fingerprint density at radius 1 is 0.800 bits per heavy atom. The van der Waals surface area contributed by atoms with E-state index in [9.17, 15) is 14.4 Å². The van der Waals surface area contributed by atoms with Crippen LogP contribution in [0.15, 0.2) is 36.4 Å². The topological polar surface area (TPSA) is 121 Å². The molecule has 2 aromatic rings. The molecule has 0 aliphatic carbocycles. The Bertz CT molecular complexity index is 991. The van der Waals surface area contributed by atoms with Crippen LogP contribution in [0.4, 0.5) is 10.5 Å². The highest BCUT2D eigenvalue weighted by atomic mass is 16.6. The molecule has 10 nitrogen and oxygen atoms in total. The SMILES string of the molecule is O=C(COC(=O)c1ccc2c(c1)OCCO2)NC(=O)Nc1ccc2c(c1)OCCO2. The van der Waals surface area contributed by atoms with E-state index < -0.39 is 24.5 Å². The number of esters is 1. The molecule has 3 amide bonds. The predicted octanol–water partition coefficient (Wildman–Crippen LogP) is 1.73. The van der Waals surface area contributed by atoms with Crippen molar-refractivity contribution in [3.8, 4) is 23.0 Å². The van der Waals surface area contributed by atoms with Gasteiger partial charge in [-0.2, -0.15) is 0 Å². The number of carbonyl (C=O) groups is 3. The summed E-state index contributed by atoms with van der Waals surface area (Å²) in [5, 5.41) is 4.58. The van der Waals surface area contributed by atoms with Crippen molar-refractivity contribution in [2.45, 2.75) is 0 Å². The molecule has 0 saturated carbocycles. The molecule has 2 heterocycles. The van der Waals surface area contributed by atoms with Crippen molar-refractivity contribution in [3.63, 3.8) is 0 Å². The zero-order valence-electron chi connectivity index (χ0n) is 15.8. The largest absolute Gasteiger partial charge is 0.486 e. The number of benzene rings is 2. The maximum Gasteiger partial charge on any atom is 0.338 e. The standard InChI is InChI=1S/C20H18N2O8/c23-18(11-30-19(24)12-1-3-14-16(9-12)28-7-5-26-14)22-20(25)21-13-2-4-15-17(10-13)29-8-6-27-15/h1-4,9-10H,5-8,11H2,(H2,21,22,23,25). The second-order valence-electron chi connectivity index (χ2n) is 6.30. The molecule has 4 rings (SSSR count). The van der Waals surface area contributed by atoms with Crippen LogP contribution in [-0.2, 0) is 9.53 Å². The molecule has 0 aromatic heterocycles. The molecule has 0 fully saturated rings. The molecule has 2 aliphatic rings. The first-order valence-corrected chi connectivity index (χ1v) is 9.16. The monoisotopic (exact) mass is 414 g/mol. The molecule has 0 radical (unpaired) electrons. The highest BCUT2D eigenvalue weighted by Gasteiger charge is 2.18. The molecule has 0 bridgehead atoms. The second-order valence-corrected chi connectivity index (χ2v) is 6.30. The van der Waals surface area contributed by atoms with Crippen molar-refractivity contribution in [2.75, 3.05) is 38.4 Å². The van der Waals surface area contributed by atoms with Gasteiger partial charge in [-0.3, -0.25) is 10.1 Å². The number of amides is 3. The fourth-order valence-electron chi connectivity index (χ4n) is 2.83. The molecule has 0 spiro atoms. The summed E-state index contributed by atoms with van der Waals surface area (Å²) < 4.78 is 26.6. The van der Waals surface area contributed by atoms with E-state index in [1.165, 1.54) is 12.1 Å². The van der Waals surface area contributed by atoms with E-state index in [2.05, 4.69) is 10.6 Å². The van der Waals surface area contributed by atoms with Crippen LogP contribution >= 0.6 is 0 Å². The number of carbonyl (C=O) groups excluding carboxylic acids is 3. The zero-order chi connectivity index (χ0) is 20.9. The maximum atomic E-state index is 12.1. The Balaban J connectivity index is 1.26. The minimum Gasteiger partial charge on any atom is -0.486 e. The van der Waals surface area contributed by atoms with Gasteiger partial charge in [0.25, 0.3) is 5.91 Å². The smallest absolute Gasteiger partial charge is 0.338 e. The summed E-state index contributed by atoms with van der Waals surface area (Å²) >= 11 is 0. The van der Waals surface area contributed by atoms with Gasteiger partial charge in [-0.15, -0.1) is 0 Å². The summed E-state index contributed by atoms with van der Waals surface area (Å²) in [7, 11) is 0. The van der Waals surface area contributed by atoms with E-state index >= 15 is 0 Å². The van der Waals surface area contributed by atoms with Crippen molar-refractivity contribution in [1.82, 2.24) is 5.32 Å². The van der Waals surface area contributed by atoms with Crippen molar-refractivity contribution in [1.29, 1.82) is 0 Å². The quantitative estimate of drug-likeness (QED) is 0.726. The van der Waals surface area contributed by atoms with E-state index in [1.807, 2.05) is 0 Å². The highest BCUT2D eigenvalue weighted by Crippen LogP contribution is 2.32. The number of urea groups is 1. The van der Waals surface area contributed by atoms with Gasteiger partial charge in [-0.25, -0.2) is 9.59 Å². The summed E-state index contributed by atoms with van der Waals surface area (Å²) in [6, 6.07) is 8.64. The number of ether oxygens (including phenoxy) is 5. The van der Waals surface area contributed by atoms with Gasteiger partial charge < -0.3 is 29.0 Å². The Morgan fingerprint density at radius 3 is 2.10 bits per heavy atom. The van der Waals surface area contributed by atoms with Gasteiger partial charge in [0.15, 0.2) is 29.6 Å². The van der Waals surface area contributed by atoms with Crippen LogP contribution in [0.25, 0.3) is 0 Å². The summed E-state index contributed by atoms with van der Waals surface area (Å²) in [5.74, 6) is 0.531. The number of anilines is 1. The molecule has 2 N–H and O–H groups in total. The number of hydrogen-bond acceptors (Lipinski definition) is 8. The number of nitrogens with one attached hydrogen (secondary N) is 2. The molecular formula is C20H18N2O8. The summed E-state index contributed by atoms with van der Waals surface area (Å²) in [6.07, 6.45) is 0. The van der Waals surface area contributed by atoms with E-state index in [-0.39, 0.29) is 5.56 Å². The summed E-state index contributed by atoms with van der Waals surface area (Å²) in [4.78, 5) is 36.0. The minimum absolute atomic E-state index is 0.202. The lowest BCUT2D eigenvalue weighted by molar-refractivity contribution is -0.123.